The van der Waals surface area contributed by atoms with E-state index in [0.29, 0.717) is 17.9 Å². The van der Waals surface area contributed by atoms with Gasteiger partial charge < -0.3 is 9.84 Å². The van der Waals surface area contributed by atoms with Gasteiger partial charge in [0, 0.05) is 11.6 Å². The summed E-state index contributed by atoms with van der Waals surface area (Å²) in [6.45, 7) is 7.03. The summed E-state index contributed by atoms with van der Waals surface area (Å²) in [6, 6.07) is 0. The van der Waals surface area contributed by atoms with Gasteiger partial charge in [-0.05, 0) is 60.3 Å². The smallest absolute Gasteiger partial charge is 0.333 e. The number of cyclic esters (lactones) is 1. The third-order valence-electron chi connectivity index (χ3n) is 6.77. The first-order valence-corrected chi connectivity index (χ1v) is 9.02. The fraction of sp³-hybridized carbons (Fsp3) is 0.700. The highest BCUT2D eigenvalue weighted by Crippen LogP contribution is 2.60. The summed E-state index contributed by atoms with van der Waals surface area (Å²) in [5, 5.41) is 9.80. The molecule has 1 N–H and O–H groups in total. The van der Waals surface area contributed by atoms with Crippen LogP contribution in [0.1, 0.15) is 59.3 Å². The summed E-state index contributed by atoms with van der Waals surface area (Å²) in [7, 11) is 0. The van der Waals surface area contributed by atoms with Gasteiger partial charge in [-0.25, -0.2) is 4.79 Å². The first kappa shape index (κ1) is 17.4. The Bertz CT molecular complexity index is 601. The lowest BCUT2D eigenvalue weighted by Crippen LogP contribution is -2.48. The van der Waals surface area contributed by atoms with Crippen LogP contribution in [0.3, 0.4) is 0 Å². The molecule has 0 spiro atoms. The molecule has 0 radical (unpaired) electrons. The SMILES string of the molecule is CC1(C)CCC[C@@]2(C)[C@H](CCC3=CC(=O)O[C@H]3O)C(C=O)=CC[C@@H]12. The second kappa shape index (κ2) is 6.14. The van der Waals surface area contributed by atoms with E-state index in [9.17, 15) is 14.7 Å². The van der Waals surface area contributed by atoms with Crippen molar-refractivity contribution in [3.05, 3.63) is 23.3 Å². The predicted molar refractivity (Wildman–Crippen MR) is 90.9 cm³/mol. The molecule has 4 nitrogen and oxygen atoms in total. The molecule has 1 saturated carbocycles. The van der Waals surface area contributed by atoms with Crippen molar-refractivity contribution in [2.75, 3.05) is 0 Å². The van der Waals surface area contributed by atoms with Gasteiger partial charge in [0.25, 0.3) is 0 Å². The highest BCUT2D eigenvalue weighted by atomic mass is 16.6. The van der Waals surface area contributed by atoms with Gasteiger partial charge in [0.2, 0.25) is 6.29 Å². The van der Waals surface area contributed by atoms with E-state index >= 15 is 0 Å². The lowest BCUT2D eigenvalue weighted by molar-refractivity contribution is -0.151. The van der Waals surface area contributed by atoms with Gasteiger partial charge in [0.1, 0.15) is 6.29 Å². The van der Waals surface area contributed by atoms with Crippen LogP contribution >= 0.6 is 0 Å². The second-order valence-corrected chi connectivity index (χ2v) is 8.56. The van der Waals surface area contributed by atoms with Gasteiger partial charge in [0.15, 0.2) is 0 Å². The van der Waals surface area contributed by atoms with Crippen molar-refractivity contribution in [2.24, 2.45) is 22.7 Å². The number of aliphatic hydroxyl groups excluding tert-OH is 1. The van der Waals surface area contributed by atoms with E-state index in [1.54, 1.807) is 0 Å². The minimum absolute atomic E-state index is 0.0989. The normalized spacial score (nSPS) is 38.0. The molecule has 0 saturated heterocycles. The Balaban J connectivity index is 1.84. The molecule has 1 heterocycles. The molecule has 4 atom stereocenters. The molecular formula is C20H28O4. The predicted octanol–water partition coefficient (Wildman–Crippen LogP) is 3.55. The van der Waals surface area contributed by atoms with Crippen molar-refractivity contribution in [3.8, 4) is 0 Å². The fourth-order valence-electron chi connectivity index (χ4n) is 5.52. The number of hydrogen-bond acceptors (Lipinski definition) is 4. The third-order valence-corrected chi connectivity index (χ3v) is 6.77. The Morgan fingerprint density at radius 1 is 1.33 bits per heavy atom. The topological polar surface area (TPSA) is 63.6 Å². The van der Waals surface area contributed by atoms with Crippen LogP contribution in [0.25, 0.3) is 0 Å². The Labute approximate surface area is 144 Å². The summed E-state index contributed by atoms with van der Waals surface area (Å²) < 4.78 is 4.77. The number of fused-ring (bicyclic) bond motifs is 1. The summed E-state index contributed by atoms with van der Waals surface area (Å²) in [6.07, 6.45) is 9.30. The zero-order valence-corrected chi connectivity index (χ0v) is 14.9. The zero-order valence-electron chi connectivity index (χ0n) is 14.9. The van der Waals surface area contributed by atoms with Crippen LogP contribution in [0, 0.1) is 22.7 Å². The van der Waals surface area contributed by atoms with E-state index in [2.05, 4.69) is 26.8 Å². The van der Waals surface area contributed by atoms with Crippen LogP contribution < -0.4 is 0 Å². The van der Waals surface area contributed by atoms with Crippen LogP contribution in [0.4, 0.5) is 0 Å². The summed E-state index contributed by atoms with van der Waals surface area (Å²) >= 11 is 0. The molecule has 2 aliphatic carbocycles. The highest BCUT2D eigenvalue weighted by Gasteiger charge is 2.52. The molecule has 0 aromatic heterocycles. The summed E-state index contributed by atoms with van der Waals surface area (Å²) in [5.74, 6) is 0.264. The van der Waals surface area contributed by atoms with Gasteiger partial charge in [-0.15, -0.1) is 0 Å². The number of aliphatic hydroxyl groups is 1. The molecule has 0 bridgehead atoms. The first-order valence-electron chi connectivity index (χ1n) is 9.02. The molecule has 0 aromatic rings. The van der Waals surface area contributed by atoms with Crippen LogP contribution in [-0.4, -0.2) is 23.7 Å². The van der Waals surface area contributed by atoms with Gasteiger partial charge in [0.05, 0.1) is 0 Å². The maximum Gasteiger partial charge on any atom is 0.333 e. The standard InChI is InChI=1S/C20H28O4/c1-19(2)9-4-10-20(3)15(14(12-21)6-8-16(19)20)7-5-13-11-17(22)24-18(13)23/h6,11-12,15-16,18,23H,4-5,7-10H2,1-3H3/t15-,16+,18-,20+/m1/s1. The van der Waals surface area contributed by atoms with E-state index in [-0.39, 0.29) is 16.7 Å². The molecular weight excluding hydrogens is 304 g/mol. The minimum atomic E-state index is -1.11. The van der Waals surface area contributed by atoms with Crippen molar-refractivity contribution in [3.63, 3.8) is 0 Å². The van der Waals surface area contributed by atoms with Crippen molar-refractivity contribution in [1.82, 2.24) is 0 Å². The number of rotatable bonds is 4. The van der Waals surface area contributed by atoms with Crippen molar-refractivity contribution >= 4 is 12.3 Å². The largest absolute Gasteiger partial charge is 0.429 e. The van der Waals surface area contributed by atoms with E-state index < -0.39 is 12.3 Å². The number of allylic oxidation sites excluding steroid dienone is 2. The Morgan fingerprint density at radius 2 is 2.08 bits per heavy atom. The number of carbonyl (C=O) groups excluding carboxylic acids is 2. The number of hydrogen-bond donors (Lipinski definition) is 1. The van der Waals surface area contributed by atoms with E-state index in [1.807, 2.05) is 0 Å². The number of ether oxygens (including phenoxy) is 1. The fourth-order valence-corrected chi connectivity index (χ4v) is 5.52. The molecule has 132 valence electrons. The molecule has 0 unspecified atom stereocenters. The maximum absolute atomic E-state index is 11.6. The molecule has 4 heteroatoms. The molecule has 0 amide bonds. The third kappa shape index (κ3) is 2.85. The highest BCUT2D eigenvalue weighted by molar-refractivity contribution is 5.85. The van der Waals surface area contributed by atoms with Crippen LogP contribution in [0.5, 0.6) is 0 Å². The Hall–Kier alpha value is -1.42. The molecule has 3 rings (SSSR count). The average Bonchev–Trinajstić information content (AvgIpc) is 2.82. The summed E-state index contributed by atoms with van der Waals surface area (Å²) in [5.41, 5.74) is 1.90. The number of carbonyl (C=O) groups is 2. The van der Waals surface area contributed by atoms with E-state index in [0.717, 1.165) is 31.1 Å². The lowest BCUT2D eigenvalue weighted by atomic mass is 9.48. The maximum atomic E-state index is 11.6. The molecule has 1 aliphatic heterocycles. The number of esters is 1. The van der Waals surface area contributed by atoms with Gasteiger partial charge in [-0.1, -0.05) is 33.3 Å². The first-order chi connectivity index (χ1) is 11.3. The zero-order chi connectivity index (χ0) is 17.5. The van der Waals surface area contributed by atoms with E-state index in [4.69, 9.17) is 4.74 Å². The van der Waals surface area contributed by atoms with Gasteiger partial charge in [-0.2, -0.15) is 0 Å². The minimum Gasteiger partial charge on any atom is -0.429 e. The van der Waals surface area contributed by atoms with Crippen LogP contribution in [0.2, 0.25) is 0 Å². The van der Waals surface area contributed by atoms with Crippen molar-refractivity contribution < 1.29 is 19.4 Å². The van der Waals surface area contributed by atoms with Crippen molar-refractivity contribution in [1.29, 1.82) is 0 Å². The van der Waals surface area contributed by atoms with Gasteiger partial charge >= 0.3 is 5.97 Å². The molecule has 1 fully saturated rings. The van der Waals surface area contributed by atoms with Crippen LogP contribution in [0.15, 0.2) is 23.3 Å². The second-order valence-electron chi connectivity index (χ2n) is 8.56. The van der Waals surface area contributed by atoms with Gasteiger partial charge in [-0.3, -0.25) is 4.79 Å². The molecule has 24 heavy (non-hydrogen) atoms. The Morgan fingerprint density at radius 3 is 2.71 bits per heavy atom. The Kier molecular flexibility index (Phi) is 4.45. The quantitative estimate of drug-likeness (QED) is 0.632. The van der Waals surface area contributed by atoms with E-state index in [1.165, 1.54) is 18.9 Å². The summed E-state index contributed by atoms with van der Waals surface area (Å²) in [4.78, 5) is 22.9. The van der Waals surface area contributed by atoms with Crippen molar-refractivity contribution in [2.45, 2.75) is 65.6 Å². The lowest BCUT2D eigenvalue weighted by Gasteiger charge is -2.56. The molecule has 0 aromatic carbocycles. The molecule has 3 aliphatic rings. The van der Waals surface area contributed by atoms with Crippen LogP contribution in [-0.2, 0) is 14.3 Å². The number of aldehydes is 1. The monoisotopic (exact) mass is 332 g/mol. The average molecular weight is 332 g/mol.